The predicted octanol–water partition coefficient (Wildman–Crippen LogP) is 3.22. The molecule has 2 fully saturated rings. The number of fused-ring (bicyclic) bond motifs is 1. The molecule has 4 nitrogen and oxygen atoms in total. The molecule has 5 atom stereocenters. The summed E-state index contributed by atoms with van der Waals surface area (Å²) in [5, 5.41) is 10.9. The van der Waals surface area contributed by atoms with Gasteiger partial charge in [0.25, 0.3) is 0 Å². The molecule has 2 aliphatic rings. The molecule has 0 aliphatic heterocycles. The Bertz CT molecular complexity index is 607. The molecule has 0 heterocycles. The normalized spacial score (nSPS) is 34.5. The molecule has 0 aromatic heterocycles. The SMILES string of the molecule is C=C1C2CC(=O)C(=CC)C2C(C(C)C)C(O)C1OC(=O)C=C(C)C. The van der Waals surface area contributed by atoms with Gasteiger partial charge in [-0.25, -0.2) is 4.79 Å². The van der Waals surface area contributed by atoms with Crippen LogP contribution in [0.5, 0.6) is 0 Å². The summed E-state index contributed by atoms with van der Waals surface area (Å²) in [5.74, 6) is -0.444. The van der Waals surface area contributed by atoms with Crippen molar-refractivity contribution in [1.82, 2.24) is 0 Å². The van der Waals surface area contributed by atoms with E-state index in [1.165, 1.54) is 6.08 Å². The number of hydrogen-bond acceptors (Lipinski definition) is 4. The van der Waals surface area contributed by atoms with Crippen LogP contribution in [0.3, 0.4) is 0 Å². The van der Waals surface area contributed by atoms with Gasteiger partial charge in [0.05, 0.1) is 6.10 Å². The highest BCUT2D eigenvalue weighted by Gasteiger charge is 2.54. The number of aliphatic hydroxyl groups is 1. The van der Waals surface area contributed by atoms with Crippen molar-refractivity contribution in [2.45, 2.75) is 53.2 Å². The van der Waals surface area contributed by atoms with E-state index in [0.717, 1.165) is 11.1 Å². The van der Waals surface area contributed by atoms with Crippen molar-refractivity contribution >= 4 is 11.8 Å². The minimum absolute atomic E-state index is 0.0385. The number of allylic oxidation sites excluding steroid dienone is 3. The Labute approximate surface area is 144 Å². The highest BCUT2D eigenvalue weighted by molar-refractivity contribution is 5.99. The molecule has 0 saturated heterocycles. The zero-order chi connectivity index (χ0) is 18.2. The van der Waals surface area contributed by atoms with Crippen LogP contribution >= 0.6 is 0 Å². The first-order valence-electron chi connectivity index (χ1n) is 8.60. The standard InChI is InChI=1S/C20H28O4/c1-7-13-15(21)9-14-12(6)20(24-16(22)8-10(2)3)19(23)17(11(4)5)18(13)14/h7-8,11,14,17-20,23H,6,9H2,1-5H3. The van der Waals surface area contributed by atoms with Crippen LogP contribution in [0.2, 0.25) is 0 Å². The summed E-state index contributed by atoms with van der Waals surface area (Å²) < 4.78 is 5.52. The Hall–Kier alpha value is -1.68. The average molecular weight is 332 g/mol. The van der Waals surface area contributed by atoms with Crippen LogP contribution in [0.15, 0.2) is 35.5 Å². The van der Waals surface area contributed by atoms with E-state index in [1.54, 1.807) is 0 Å². The maximum absolute atomic E-state index is 12.4. The number of ketones is 1. The Morgan fingerprint density at radius 3 is 2.50 bits per heavy atom. The minimum Gasteiger partial charge on any atom is -0.452 e. The third kappa shape index (κ3) is 3.25. The summed E-state index contributed by atoms with van der Waals surface area (Å²) in [4.78, 5) is 24.4. The van der Waals surface area contributed by atoms with E-state index in [9.17, 15) is 14.7 Å². The van der Waals surface area contributed by atoms with Crippen LogP contribution < -0.4 is 0 Å². The highest BCUT2D eigenvalue weighted by atomic mass is 16.6. The quantitative estimate of drug-likeness (QED) is 0.490. The van der Waals surface area contributed by atoms with Crippen molar-refractivity contribution in [1.29, 1.82) is 0 Å². The van der Waals surface area contributed by atoms with E-state index in [4.69, 9.17) is 4.74 Å². The van der Waals surface area contributed by atoms with E-state index in [1.807, 2.05) is 40.7 Å². The molecule has 0 aromatic carbocycles. The van der Waals surface area contributed by atoms with Gasteiger partial charge in [0.1, 0.15) is 6.10 Å². The fourth-order valence-electron chi connectivity index (χ4n) is 4.23. The number of Topliss-reactive ketones (excluding diaryl/α,β-unsaturated/α-hetero) is 1. The summed E-state index contributed by atoms with van der Waals surface area (Å²) in [6.45, 7) is 13.6. The van der Waals surface area contributed by atoms with Gasteiger partial charge in [0.2, 0.25) is 0 Å². The monoisotopic (exact) mass is 332 g/mol. The van der Waals surface area contributed by atoms with Crippen LogP contribution in [0, 0.1) is 23.7 Å². The molecule has 2 saturated carbocycles. The van der Waals surface area contributed by atoms with Gasteiger partial charge in [0.15, 0.2) is 5.78 Å². The van der Waals surface area contributed by atoms with E-state index in [2.05, 4.69) is 6.58 Å². The lowest BCUT2D eigenvalue weighted by Gasteiger charge is -2.45. The topological polar surface area (TPSA) is 63.6 Å². The largest absolute Gasteiger partial charge is 0.452 e. The van der Waals surface area contributed by atoms with Crippen LogP contribution in [-0.4, -0.2) is 29.1 Å². The van der Waals surface area contributed by atoms with Crippen molar-refractivity contribution in [3.8, 4) is 0 Å². The molecule has 0 amide bonds. The smallest absolute Gasteiger partial charge is 0.331 e. The van der Waals surface area contributed by atoms with E-state index in [-0.39, 0.29) is 29.5 Å². The molecule has 24 heavy (non-hydrogen) atoms. The zero-order valence-corrected chi connectivity index (χ0v) is 15.2. The van der Waals surface area contributed by atoms with Crippen molar-refractivity contribution in [3.05, 3.63) is 35.5 Å². The van der Waals surface area contributed by atoms with E-state index in [0.29, 0.717) is 12.0 Å². The Morgan fingerprint density at radius 2 is 2.00 bits per heavy atom. The number of esters is 1. The van der Waals surface area contributed by atoms with E-state index < -0.39 is 18.2 Å². The molecular weight excluding hydrogens is 304 g/mol. The van der Waals surface area contributed by atoms with Gasteiger partial charge in [0, 0.05) is 12.5 Å². The summed E-state index contributed by atoms with van der Waals surface area (Å²) in [7, 11) is 0. The highest BCUT2D eigenvalue weighted by Crippen LogP contribution is 2.51. The maximum Gasteiger partial charge on any atom is 0.331 e. The molecule has 0 aromatic rings. The minimum atomic E-state index is -0.853. The maximum atomic E-state index is 12.4. The van der Waals surface area contributed by atoms with Gasteiger partial charge < -0.3 is 9.84 Å². The van der Waals surface area contributed by atoms with Crippen molar-refractivity contribution in [2.75, 3.05) is 0 Å². The Kier molecular flexibility index (Phi) is 5.49. The van der Waals surface area contributed by atoms with Crippen LogP contribution in [0.1, 0.15) is 41.0 Å². The van der Waals surface area contributed by atoms with Crippen molar-refractivity contribution < 1.29 is 19.4 Å². The lowest BCUT2D eigenvalue weighted by atomic mass is 9.64. The van der Waals surface area contributed by atoms with Crippen LogP contribution in [0.25, 0.3) is 0 Å². The van der Waals surface area contributed by atoms with Crippen LogP contribution in [0.4, 0.5) is 0 Å². The number of hydrogen-bond donors (Lipinski definition) is 1. The molecular formula is C20H28O4. The lowest BCUT2D eigenvalue weighted by Crippen LogP contribution is -2.50. The van der Waals surface area contributed by atoms with E-state index >= 15 is 0 Å². The molecule has 2 aliphatic carbocycles. The number of ether oxygens (including phenoxy) is 1. The van der Waals surface area contributed by atoms with Crippen LogP contribution in [-0.2, 0) is 14.3 Å². The van der Waals surface area contributed by atoms with Gasteiger partial charge in [-0.15, -0.1) is 0 Å². The number of aliphatic hydroxyl groups excluding tert-OH is 1. The molecule has 0 radical (unpaired) electrons. The van der Waals surface area contributed by atoms with Gasteiger partial charge in [-0.1, -0.05) is 32.1 Å². The first kappa shape index (κ1) is 18.7. The first-order chi connectivity index (χ1) is 11.2. The molecule has 5 unspecified atom stereocenters. The first-order valence-corrected chi connectivity index (χ1v) is 8.60. The average Bonchev–Trinajstić information content (AvgIpc) is 2.79. The lowest BCUT2D eigenvalue weighted by molar-refractivity contribution is -0.153. The molecule has 1 N–H and O–H groups in total. The second kappa shape index (κ2) is 7.06. The number of carbonyl (C=O) groups excluding carboxylic acids is 2. The van der Waals surface area contributed by atoms with Gasteiger partial charge >= 0.3 is 5.97 Å². The number of carbonyl (C=O) groups is 2. The molecule has 0 spiro atoms. The molecule has 0 bridgehead atoms. The predicted molar refractivity (Wildman–Crippen MR) is 93.1 cm³/mol. The van der Waals surface area contributed by atoms with Crippen molar-refractivity contribution in [2.24, 2.45) is 23.7 Å². The van der Waals surface area contributed by atoms with Gasteiger partial charge in [-0.3, -0.25) is 4.79 Å². The fraction of sp³-hybridized carbons (Fsp3) is 0.600. The fourth-order valence-corrected chi connectivity index (χ4v) is 4.23. The summed E-state index contributed by atoms with van der Waals surface area (Å²) >= 11 is 0. The molecule has 4 heteroatoms. The molecule has 132 valence electrons. The Balaban J connectivity index is 2.38. The summed E-state index contributed by atoms with van der Waals surface area (Å²) in [5.41, 5.74) is 2.28. The number of rotatable bonds is 3. The summed E-state index contributed by atoms with van der Waals surface area (Å²) in [6.07, 6.45) is 2.04. The molecule has 2 rings (SSSR count). The third-order valence-corrected chi connectivity index (χ3v) is 5.21. The third-order valence-electron chi connectivity index (χ3n) is 5.21. The Morgan fingerprint density at radius 1 is 1.38 bits per heavy atom. The van der Waals surface area contributed by atoms with Gasteiger partial charge in [-0.2, -0.15) is 0 Å². The summed E-state index contributed by atoms with van der Waals surface area (Å²) in [6, 6.07) is 0. The zero-order valence-electron chi connectivity index (χ0n) is 15.2. The second-order valence-electron chi connectivity index (χ2n) is 7.47. The van der Waals surface area contributed by atoms with Gasteiger partial charge in [-0.05, 0) is 55.6 Å². The van der Waals surface area contributed by atoms with Crippen molar-refractivity contribution in [3.63, 3.8) is 0 Å². The second-order valence-corrected chi connectivity index (χ2v) is 7.47.